The number of benzene rings is 1. The van der Waals surface area contributed by atoms with Crippen LogP contribution >= 0.6 is 0 Å². The summed E-state index contributed by atoms with van der Waals surface area (Å²) in [6, 6.07) is 8.20. The second-order valence-electron chi connectivity index (χ2n) is 2.98. The lowest BCUT2D eigenvalue weighted by atomic mass is 10.0. The fourth-order valence-corrected chi connectivity index (χ4v) is 1.73. The quantitative estimate of drug-likeness (QED) is 0.553. The van der Waals surface area contributed by atoms with Gasteiger partial charge in [-0.05, 0) is 24.0 Å². The fourth-order valence-electron chi connectivity index (χ4n) is 1.73. The summed E-state index contributed by atoms with van der Waals surface area (Å²) in [5.41, 5.74) is 2.59. The molecule has 0 aromatic heterocycles. The van der Waals surface area contributed by atoms with Crippen molar-refractivity contribution < 1.29 is 4.79 Å². The third kappa shape index (κ3) is 0.967. The van der Waals surface area contributed by atoms with Crippen molar-refractivity contribution in [2.24, 2.45) is 0 Å². The van der Waals surface area contributed by atoms with Gasteiger partial charge in [-0.2, -0.15) is 0 Å². The van der Waals surface area contributed by atoms with E-state index in [1.165, 1.54) is 11.1 Å². The van der Waals surface area contributed by atoms with Crippen molar-refractivity contribution in [1.82, 2.24) is 0 Å². The van der Waals surface area contributed by atoms with Crippen LogP contribution in [-0.2, 0) is 11.2 Å². The summed E-state index contributed by atoms with van der Waals surface area (Å²) in [5, 5.41) is 0. The van der Waals surface area contributed by atoms with Crippen molar-refractivity contribution in [3.8, 4) is 0 Å². The average molecular weight is 146 g/mol. The van der Waals surface area contributed by atoms with Gasteiger partial charge in [0.2, 0.25) is 0 Å². The molecule has 0 unspecified atom stereocenters. The maximum absolute atomic E-state index is 10.6. The van der Waals surface area contributed by atoms with Crippen LogP contribution in [0, 0.1) is 0 Å². The second kappa shape index (κ2) is 2.50. The largest absolute Gasteiger partial charge is 0.303 e. The highest BCUT2D eigenvalue weighted by Crippen LogP contribution is 2.30. The zero-order chi connectivity index (χ0) is 7.68. The minimum atomic E-state index is 0.172. The maximum Gasteiger partial charge on any atom is 0.127 e. The van der Waals surface area contributed by atoms with Gasteiger partial charge >= 0.3 is 0 Å². The van der Waals surface area contributed by atoms with E-state index in [-0.39, 0.29) is 5.92 Å². The predicted octanol–water partition coefficient (Wildman–Crippen LogP) is 1.92. The molecule has 0 radical (unpaired) electrons. The topological polar surface area (TPSA) is 17.1 Å². The van der Waals surface area contributed by atoms with Gasteiger partial charge in [-0.1, -0.05) is 24.3 Å². The molecular weight excluding hydrogens is 136 g/mol. The molecule has 1 aliphatic rings. The molecule has 0 N–H and O–H groups in total. The Morgan fingerprint density at radius 1 is 1.36 bits per heavy atom. The van der Waals surface area contributed by atoms with Crippen molar-refractivity contribution in [2.45, 2.75) is 18.8 Å². The first-order chi connectivity index (χ1) is 5.42. The van der Waals surface area contributed by atoms with Crippen LogP contribution in [0.4, 0.5) is 0 Å². The van der Waals surface area contributed by atoms with Crippen LogP contribution in [0.5, 0.6) is 0 Å². The summed E-state index contributed by atoms with van der Waals surface area (Å²) < 4.78 is 0. The summed E-state index contributed by atoms with van der Waals surface area (Å²) in [5.74, 6) is 0.172. The Labute approximate surface area is 66.0 Å². The Hall–Kier alpha value is -1.11. The van der Waals surface area contributed by atoms with Crippen LogP contribution in [0.3, 0.4) is 0 Å². The Bertz CT molecular complexity index is 278. The molecule has 56 valence electrons. The minimum Gasteiger partial charge on any atom is -0.303 e. The van der Waals surface area contributed by atoms with Gasteiger partial charge in [0.05, 0.1) is 0 Å². The number of fused-ring (bicyclic) bond motifs is 1. The molecule has 0 bridgehead atoms. The lowest BCUT2D eigenvalue weighted by molar-refractivity contribution is -0.109. The minimum absolute atomic E-state index is 0.172. The molecule has 1 nitrogen and oxygen atoms in total. The van der Waals surface area contributed by atoms with E-state index in [0.29, 0.717) is 0 Å². The van der Waals surface area contributed by atoms with Crippen molar-refractivity contribution in [3.63, 3.8) is 0 Å². The van der Waals surface area contributed by atoms with Gasteiger partial charge in [-0.25, -0.2) is 0 Å². The van der Waals surface area contributed by atoms with E-state index in [2.05, 4.69) is 12.1 Å². The Kier molecular flexibility index (Phi) is 1.50. The number of hydrogen-bond acceptors (Lipinski definition) is 1. The van der Waals surface area contributed by atoms with E-state index in [0.717, 1.165) is 19.1 Å². The SMILES string of the molecule is O=C[C@@H]1CCc2ccccc21. The summed E-state index contributed by atoms with van der Waals surface area (Å²) in [4.78, 5) is 10.6. The van der Waals surface area contributed by atoms with E-state index < -0.39 is 0 Å². The van der Waals surface area contributed by atoms with E-state index in [1.54, 1.807) is 0 Å². The zero-order valence-corrected chi connectivity index (χ0v) is 6.29. The lowest BCUT2D eigenvalue weighted by Gasteiger charge is -2.00. The molecule has 0 aliphatic heterocycles. The molecule has 1 heteroatoms. The van der Waals surface area contributed by atoms with Gasteiger partial charge in [-0.15, -0.1) is 0 Å². The first-order valence-electron chi connectivity index (χ1n) is 3.95. The molecule has 1 aromatic carbocycles. The van der Waals surface area contributed by atoms with E-state index >= 15 is 0 Å². The third-order valence-electron chi connectivity index (χ3n) is 2.34. The highest BCUT2D eigenvalue weighted by Gasteiger charge is 2.20. The predicted molar refractivity (Wildman–Crippen MR) is 43.6 cm³/mol. The Morgan fingerprint density at radius 3 is 3.00 bits per heavy atom. The number of rotatable bonds is 1. The monoisotopic (exact) mass is 146 g/mol. The molecule has 0 amide bonds. The van der Waals surface area contributed by atoms with Crippen molar-refractivity contribution in [1.29, 1.82) is 0 Å². The van der Waals surface area contributed by atoms with Crippen molar-refractivity contribution in [2.75, 3.05) is 0 Å². The fraction of sp³-hybridized carbons (Fsp3) is 0.300. The smallest absolute Gasteiger partial charge is 0.127 e. The zero-order valence-electron chi connectivity index (χ0n) is 6.29. The van der Waals surface area contributed by atoms with Crippen LogP contribution in [0.1, 0.15) is 23.5 Å². The van der Waals surface area contributed by atoms with E-state index in [4.69, 9.17) is 0 Å². The van der Waals surface area contributed by atoms with Gasteiger partial charge in [0.15, 0.2) is 0 Å². The number of aryl methyl sites for hydroxylation is 1. The number of carbonyl (C=O) groups is 1. The maximum atomic E-state index is 10.6. The van der Waals surface area contributed by atoms with Gasteiger partial charge in [0.25, 0.3) is 0 Å². The molecule has 0 saturated heterocycles. The van der Waals surface area contributed by atoms with Gasteiger partial charge < -0.3 is 4.79 Å². The molecule has 1 aromatic rings. The molecular formula is C10H10O. The van der Waals surface area contributed by atoms with Crippen molar-refractivity contribution in [3.05, 3.63) is 35.4 Å². The van der Waals surface area contributed by atoms with Crippen LogP contribution in [0.2, 0.25) is 0 Å². The number of hydrogen-bond donors (Lipinski definition) is 0. The number of carbonyl (C=O) groups excluding carboxylic acids is 1. The molecule has 1 aliphatic carbocycles. The normalized spacial score (nSPS) is 21.3. The molecule has 2 rings (SSSR count). The van der Waals surface area contributed by atoms with Crippen LogP contribution < -0.4 is 0 Å². The lowest BCUT2D eigenvalue weighted by Crippen LogP contribution is -1.92. The van der Waals surface area contributed by atoms with Crippen LogP contribution in [0.25, 0.3) is 0 Å². The third-order valence-corrected chi connectivity index (χ3v) is 2.34. The summed E-state index contributed by atoms with van der Waals surface area (Å²) in [6.45, 7) is 0. The highest BCUT2D eigenvalue weighted by atomic mass is 16.1. The van der Waals surface area contributed by atoms with Gasteiger partial charge in [0, 0.05) is 5.92 Å². The van der Waals surface area contributed by atoms with E-state index in [1.807, 2.05) is 12.1 Å². The molecule has 0 spiro atoms. The first-order valence-corrected chi connectivity index (χ1v) is 3.95. The number of aldehydes is 1. The van der Waals surface area contributed by atoms with Gasteiger partial charge in [0.1, 0.15) is 6.29 Å². The first kappa shape index (κ1) is 6.59. The molecule has 1 atom stereocenters. The Balaban J connectivity index is 2.46. The highest BCUT2D eigenvalue weighted by molar-refractivity contribution is 5.65. The molecule has 0 saturated carbocycles. The molecule has 0 fully saturated rings. The second-order valence-corrected chi connectivity index (χ2v) is 2.98. The Morgan fingerprint density at radius 2 is 2.18 bits per heavy atom. The van der Waals surface area contributed by atoms with E-state index in [9.17, 15) is 4.79 Å². The average Bonchev–Trinajstić information content (AvgIpc) is 2.47. The summed E-state index contributed by atoms with van der Waals surface area (Å²) in [7, 11) is 0. The summed E-state index contributed by atoms with van der Waals surface area (Å²) >= 11 is 0. The van der Waals surface area contributed by atoms with Crippen LogP contribution in [0.15, 0.2) is 24.3 Å². The molecule has 11 heavy (non-hydrogen) atoms. The molecule has 0 heterocycles. The summed E-state index contributed by atoms with van der Waals surface area (Å²) in [6.07, 6.45) is 3.13. The standard InChI is InChI=1S/C10H10O/c11-7-9-6-5-8-3-1-2-4-10(8)9/h1-4,7,9H,5-6H2/t9-/m0/s1. The van der Waals surface area contributed by atoms with Gasteiger partial charge in [-0.3, -0.25) is 0 Å². The van der Waals surface area contributed by atoms with Crippen molar-refractivity contribution >= 4 is 6.29 Å². The van der Waals surface area contributed by atoms with Crippen LogP contribution in [-0.4, -0.2) is 6.29 Å².